The molecule has 110 valence electrons. The molecule has 2 N–H and O–H groups in total. The SMILES string of the molecule is [2H]N(C([2H])([2H])[2H])S(=O)(=O)Cc1ccc2c(c1)c(CC([2H])([2H])N(C)C([2H])([2H])[2H])cn2[2H]. The van der Waals surface area contributed by atoms with Crippen LogP contribution in [0.3, 0.4) is 0 Å². The van der Waals surface area contributed by atoms with Gasteiger partial charge in [-0.2, -0.15) is 0 Å². The van der Waals surface area contributed by atoms with Crippen molar-refractivity contribution in [1.29, 1.82) is 0 Å². The number of fused-ring (bicyclic) bond motifs is 1. The minimum atomic E-state index is -4.49. The second-order valence-corrected chi connectivity index (χ2v) is 5.98. The quantitative estimate of drug-likeness (QED) is 0.846. The van der Waals surface area contributed by atoms with Crippen LogP contribution >= 0.6 is 0 Å². The molecule has 0 unspecified atom stereocenters. The molecule has 20 heavy (non-hydrogen) atoms. The van der Waals surface area contributed by atoms with Crippen LogP contribution < -0.4 is 4.72 Å². The van der Waals surface area contributed by atoms with Gasteiger partial charge in [-0.15, -0.1) is 0 Å². The van der Waals surface area contributed by atoms with Gasteiger partial charge in [-0.05, 0) is 50.7 Å². The van der Waals surface area contributed by atoms with E-state index in [-0.39, 0.29) is 17.5 Å². The zero-order valence-corrected chi connectivity index (χ0v) is 11.6. The number of nitrogens with zero attached hydrogens (tertiary/aromatic N) is 1. The Morgan fingerprint density at radius 1 is 1.60 bits per heavy atom. The van der Waals surface area contributed by atoms with Crippen LogP contribution in [0, 0.1) is 0 Å². The molecule has 1 aromatic heterocycles. The van der Waals surface area contributed by atoms with E-state index >= 15 is 0 Å². The first-order chi connectivity index (χ1) is 13.4. The molecular weight excluding hydrogens is 274 g/mol. The van der Waals surface area contributed by atoms with Gasteiger partial charge in [-0.25, -0.2) is 13.1 Å². The zero-order valence-electron chi connectivity index (χ0n) is 20.8. The number of likely N-dealkylation sites (N-methyl/N-ethyl adjacent to an activating group) is 1. The number of sulfonamides is 1. The second kappa shape index (κ2) is 5.95. The Bertz CT molecular complexity index is 1030. The van der Waals surface area contributed by atoms with Crippen LogP contribution in [0.15, 0.2) is 24.4 Å². The molecule has 6 heteroatoms. The van der Waals surface area contributed by atoms with E-state index in [0.717, 1.165) is 12.0 Å². The molecule has 1 aromatic carbocycles. The second-order valence-electron chi connectivity index (χ2n) is 4.35. The summed E-state index contributed by atoms with van der Waals surface area (Å²) in [6.45, 7) is -8.13. The van der Waals surface area contributed by atoms with Crippen LogP contribution in [0.25, 0.3) is 10.9 Å². The van der Waals surface area contributed by atoms with Crippen LogP contribution in [0.4, 0.5) is 0 Å². The van der Waals surface area contributed by atoms with E-state index in [1.54, 1.807) is 0 Å². The largest absolute Gasteiger partial charge is 0.361 e. The normalized spacial score (nSPS) is 21.9. The summed E-state index contributed by atoms with van der Waals surface area (Å²) in [5.74, 6) is -0.782. The maximum Gasteiger partial charge on any atom is 0.215 e. The Morgan fingerprint density at radius 3 is 3.20 bits per heavy atom. The van der Waals surface area contributed by atoms with Crippen LogP contribution in [-0.4, -0.2) is 45.8 Å². The third kappa shape index (κ3) is 3.59. The number of aryl methyl sites for hydroxylation is 1. The molecule has 2 aromatic rings. The third-order valence-electron chi connectivity index (χ3n) is 2.76. The van der Waals surface area contributed by atoms with Crippen molar-refractivity contribution < 1.29 is 22.2 Å². The van der Waals surface area contributed by atoms with Gasteiger partial charge >= 0.3 is 0 Å². The van der Waals surface area contributed by atoms with Crippen molar-refractivity contribution in [1.82, 2.24) is 14.6 Å². The summed E-state index contributed by atoms with van der Waals surface area (Å²) >= 11 is 0. The Balaban J connectivity index is 2.44. The zero-order chi connectivity index (χ0) is 23.3. The van der Waals surface area contributed by atoms with Crippen LogP contribution in [0.1, 0.15) is 22.1 Å². The van der Waals surface area contributed by atoms with E-state index in [9.17, 15) is 8.42 Å². The molecule has 0 amide bonds. The van der Waals surface area contributed by atoms with E-state index in [0.29, 0.717) is 15.8 Å². The first-order valence-corrected chi connectivity index (χ1v) is 7.35. The number of benzene rings is 1. The molecule has 0 aliphatic carbocycles. The van der Waals surface area contributed by atoms with Gasteiger partial charge in [0.25, 0.3) is 0 Å². The highest BCUT2D eigenvalue weighted by molar-refractivity contribution is 7.88. The number of aromatic amines is 1. The summed E-state index contributed by atoms with van der Waals surface area (Å²) < 4.78 is 98.9. The molecule has 0 spiro atoms. The average molecular weight is 305 g/mol. The predicted molar refractivity (Wildman–Crippen MR) is 82.2 cm³/mol. The summed E-state index contributed by atoms with van der Waals surface area (Å²) in [5.41, 5.74) is 0.747. The number of hydrogen-bond acceptors (Lipinski definition) is 3. The van der Waals surface area contributed by atoms with Gasteiger partial charge in [0.05, 0.1) is 5.75 Å². The van der Waals surface area contributed by atoms with Crippen molar-refractivity contribution in [3.63, 3.8) is 0 Å². The summed E-state index contributed by atoms with van der Waals surface area (Å²) in [6, 6.07) is 4.15. The minimum Gasteiger partial charge on any atom is -0.361 e. The number of rotatable bonds is 6. The van der Waals surface area contributed by atoms with Gasteiger partial charge in [0.1, 0.15) is 1.41 Å². The van der Waals surface area contributed by atoms with Crippen molar-refractivity contribution in [2.75, 3.05) is 27.5 Å². The van der Waals surface area contributed by atoms with Crippen molar-refractivity contribution in [2.24, 2.45) is 0 Å². The number of aromatic nitrogens is 1. The lowest BCUT2D eigenvalue weighted by atomic mass is 10.1. The summed E-state index contributed by atoms with van der Waals surface area (Å²) in [6.07, 6.45) is 0.910. The van der Waals surface area contributed by atoms with Gasteiger partial charge < -0.3 is 9.88 Å². The highest BCUT2D eigenvalue weighted by atomic mass is 32.2. The molecule has 0 bridgehead atoms. The summed E-state index contributed by atoms with van der Waals surface area (Å²) in [4.78, 5) is 1.54. The lowest BCUT2D eigenvalue weighted by Crippen LogP contribution is -2.20. The molecule has 0 radical (unpaired) electrons. The van der Waals surface area contributed by atoms with Crippen LogP contribution in [-0.2, 0) is 22.2 Å². The standard InChI is InChI=1S/C14H21N3O2S/c1-15-20(18,19)10-11-4-5-14-13(8-11)12(9-16-14)6-7-17(2)3/h4-5,8-9,15-16H,6-7,10H2,1-3H3/i1D3,2D3,7D2/hD2. The van der Waals surface area contributed by atoms with Gasteiger partial charge in [-0.3, -0.25) is 0 Å². The first-order valence-electron chi connectivity index (χ1n) is 10.6. The minimum absolute atomic E-state index is 0.140. The molecule has 2 rings (SSSR count). The predicted octanol–water partition coefficient (Wildman–Crippen LogP) is 1.32. The maximum atomic E-state index is 12.2. The van der Waals surface area contributed by atoms with E-state index in [4.69, 9.17) is 13.8 Å². The van der Waals surface area contributed by atoms with Crippen molar-refractivity contribution >= 4 is 20.9 Å². The molecule has 0 aliphatic heterocycles. The van der Waals surface area contributed by atoms with E-state index in [2.05, 4.69) is 0 Å². The topological polar surface area (TPSA) is 65.2 Å². The average Bonchev–Trinajstić information content (AvgIpc) is 2.86. The molecule has 1 heterocycles. The summed E-state index contributed by atoms with van der Waals surface area (Å²) in [7, 11) is -3.37. The maximum absolute atomic E-state index is 12.2. The Labute approximate surface area is 134 Å². The van der Waals surface area contributed by atoms with Crippen LogP contribution in [0.2, 0.25) is 2.82 Å². The molecule has 0 fully saturated rings. The van der Waals surface area contributed by atoms with E-state index in [1.165, 1.54) is 24.4 Å². The molecule has 0 aliphatic rings. The third-order valence-corrected chi connectivity index (χ3v) is 3.74. The Morgan fingerprint density at radius 2 is 2.45 bits per heavy atom. The number of nitrogens with one attached hydrogen (secondary N) is 2. The van der Waals surface area contributed by atoms with Crippen LogP contribution in [0.5, 0.6) is 0 Å². The molecule has 0 saturated carbocycles. The lowest BCUT2D eigenvalue weighted by Gasteiger charge is -2.08. The number of hydrogen-bond donors (Lipinski definition) is 2. The highest BCUT2D eigenvalue weighted by Gasteiger charge is 2.11. The van der Waals surface area contributed by atoms with Crippen molar-refractivity contribution in [3.8, 4) is 0 Å². The van der Waals surface area contributed by atoms with Gasteiger partial charge in [0.2, 0.25) is 10.0 Å². The van der Waals surface area contributed by atoms with E-state index < -0.39 is 40.9 Å². The fourth-order valence-electron chi connectivity index (χ4n) is 1.85. The number of H-pyrrole nitrogens is 1. The molecule has 5 nitrogen and oxygen atoms in total. The fourth-order valence-corrected chi connectivity index (χ4v) is 2.51. The molecular formula is C14H21N3O2S. The van der Waals surface area contributed by atoms with Gasteiger partial charge in [0, 0.05) is 34.6 Å². The van der Waals surface area contributed by atoms with Crippen molar-refractivity contribution in [3.05, 3.63) is 35.5 Å². The molecule has 0 saturated heterocycles. The van der Waals surface area contributed by atoms with E-state index in [1.807, 2.05) is 0 Å². The fraction of sp³-hybridized carbons (Fsp3) is 0.429. The smallest absolute Gasteiger partial charge is 0.215 e. The lowest BCUT2D eigenvalue weighted by molar-refractivity contribution is 0.414. The van der Waals surface area contributed by atoms with Gasteiger partial charge in [-0.1, -0.05) is 6.07 Å². The monoisotopic (exact) mass is 305 g/mol. The highest BCUT2D eigenvalue weighted by Crippen LogP contribution is 2.21. The van der Waals surface area contributed by atoms with Gasteiger partial charge in [0.15, 0.2) is 1.41 Å². The summed E-state index contributed by atoms with van der Waals surface area (Å²) in [5, 5.41) is 0.325. The van der Waals surface area contributed by atoms with Crippen molar-refractivity contribution in [2.45, 2.75) is 12.2 Å². The Hall–Kier alpha value is -1.37. The Kier molecular flexibility index (Phi) is 1.96. The molecule has 0 atom stereocenters. The first kappa shape index (κ1) is 6.60.